The molecule has 2 aromatic rings. The minimum absolute atomic E-state index is 0.0394. The van der Waals surface area contributed by atoms with Crippen molar-refractivity contribution in [1.82, 2.24) is 4.57 Å². The van der Waals surface area contributed by atoms with Crippen LogP contribution >= 0.6 is 0 Å². The molecule has 4 nitrogen and oxygen atoms in total. The number of carbonyl (C=O) groups excluding carboxylic acids is 1. The van der Waals surface area contributed by atoms with Crippen molar-refractivity contribution >= 4 is 11.6 Å². The van der Waals surface area contributed by atoms with Crippen LogP contribution in [0.5, 0.6) is 0 Å². The molecule has 20 heavy (non-hydrogen) atoms. The first-order chi connectivity index (χ1) is 9.58. The Bertz CT molecular complexity index is 729. The van der Waals surface area contributed by atoms with Gasteiger partial charge in [-0.1, -0.05) is 29.8 Å². The lowest BCUT2D eigenvalue weighted by Crippen LogP contribution is -2.21. The number of carbonyl (C=O) groups is 1. The summed E-state index contributed by atoms with van der Waals surface area (Å²) in [6, 6.07) is 10.6. The molecule has 0 atom stereocenters. The number of hydrogen-bond donors (Lipinski definition) is 0. The van der Waals surface area contributed by atoms with Crippen molar-refractivity contribution in [1.29, 1.82) is 0 Å². The number of fused-ring (bicyclic) bond motifs is 1. The van der Waals surface area contributed by atoms with Gasteiger partial charge in [0.1, 0.15) is 5.82 Å². The molecular weight excluding hydrogens is 252 g/mol. The van der Waals surface area contributed by atoms with Crippen molar-refractivity contribution in [3.05, 3.63) is 63.4 Å². The smallest absolute Gasteiger partial charge is 0.252 e. The summed E-state index contributed by atoms with van der Waals surface area (Å²) in [5.74, 6) is 0.686. The number of anilines is 1. The van der Waals surface area contributed by atoms with Gasteiger partial charge in [0.15, 0.2) is 5.78 Å². The molecule has 1 aromatic heterocycles. The zero-order chi connectivity index (χ0) is 14.3. The fraction of sp³-hybridized carbons (Fsp3) is 0.250. The van der Waals surface area contributed by atoms with E-state index in [0.29, 0.717) is 17.7 Å². The van der Waals surface area contributed by atoms with Gasteiger partial charge in [0.2, 0.25) is 0 Å². The van der Waals surface area contributed by atoms with Gasteiger partial charge in [-0.25, -0.2) is 0 Å². The molecule has 0 radical (unpaired) electrons. The minimum Gasteiger partial charge on any atom is -0.359 e. The summed E-state index contributed by atoms with van der Waals surface area (Å²) in [4.78, 5) is 26.4. The molecule has 1 aromatic carbocycles. The number of hydrogen-bond acceptors (Lipinski definition) is 3. The van der Waals surface area contributed by atoms with Gasteiger partial charge in [0.05, 0.1) is 5.56 Å². The number of likely N-dealkylation sites (N-methyl/N-ethyl adjacent to an activating group) is 1. The molecule has 0 aliphatic carbocycles. The number of aromatic nitrogens is 1. The maximum absolute atomic E-state index is 12.6. The Labute approximate surface area is 117 Å². The highest BCUT2D eigenvalue weighted by molar-refractivity contribution is 6.12. The monoisotopic (exact) mass is 268 g/mol. The molecule has 2 heterocycles. The Hall–Kier alpha value is -2.36. The van der Waals surface area contributed by atoms with E-state index >= 15 is 0 Å². The van der Waals surface area contributed by atoms with Crippen LogP contribution in [-0.2, 0) is 6.54 Å². The Balaban J connectivity index is 2.12. The molecule has 0 N–H and O–H groups in total. The van der Waals surface area contributed by atoms with Crippen LogP contribution in [0, 0.1) is 6.92 Å². The van der Waals surface area contributed by atoms with E-state index in [4.69, 9.17) is 0 Å². The molecule has 0 spiro atoms. The minimum atomic E-state index is -0.0511. The number of ketones is 1. The fourth-order valence-corrected chi connectivity index (χ4v) is 2.59. The Morgan fingerprint density at radius 2 is 1.75 bits per heavy atom. The van der Waals surface area contributed by atoms with Crippen LogP contribution in [0.4, 0.5) is 5.82 Å². The van der Waals surface area contributed by atoms with Gasteiger partial charge in [0.25, 0.3) is 5.56 Å². The molecule has 1 aliphatic rings. The quantitative estimate of drug-likeness (QED) is 0.780. The molecule has 0 unspecified atom stereocenters. The summed E-state index contributed by atoms with van der Waals surface area (Å²) < 4.78 is 1.67. The van der Waals surface area contributed by atoms with Crippen LogP contribution in [0.25, 0.3) is 0 Å². The van der Waals surface area contributed by atoms with Crippen molar-refractivity contribution in [2.24, 2.45) is 0 Å². The largest absolute Gasteiger partial charge is 0.359 e. The standard InChI is InChI=1S/C16H16N2O2/c1-11-3-5-12(6-4-11)15(20)13-7-8-14(19)18-10-9-17(2)16(13)18/h3-8H,9-10H2,1-2H3. The van der Waals surface area contributed by atoms with E-state index in [1.54, 1.807) is 10.6 Å². The SMILES string of the molecule is Cc1ccc(C(=O)c2ccc(=O)n3c2N(C)CC3)cc1. The number of pyridine rings is 1. The van der Waals surface area contributed by atoms with Crippen LogP contribution in [0.15, 0.2) is 41.2 Å². The van der Waals surface area contributed by atoms with Gasteiger partial charge in [-0.2, -0.15) is 0 Å². The molecule has 102 valence electrons. The van der Waals surface area contributed by atoms with Crippen molar-refractivity contribution < 1.29 is 4.79 Å². The summed E-state index contributed by atoms with van der Waals surface area (Å²) in [5, 5.41) is 0. The van der Waals surface area contributed by atoms with Crippen molar-refractivity contribution in [3.8, 4) is 0 Å². The first kappa shape index (κ1) is 12.7. The van der Waals surface area contributed by atoms with E-state index in [-0.39, 0.29) is 11.3 Å². The molecule has 3 rings (SSSR count). The molecule has 1 aliphatic heterocycles. The summed E-state index contributed by atoms with van der Waals surface area (Å²) in [6.07, 6.45) is 0. The highest BCUT2D eigenvalue weighted by Crippen LogP contribution is 2.24. The summed E-state index contributed by atoms with van der Waals surface area (Å²) in [7, 11) is 1.91. The third-order valence-corrected chi connectivity index (χ3v) is 3.73. The zero-order valence-electron chi connectivity index (χ0n) is 11.6. The topological polar surface area (TPSA) is 42.3 Å². The summed E-state index contributed by atoms with van der Waals surface area (Å²) >= 11 is 0. The normalized spacial score (nSPS) is 13.4. The lowest BCUT2D eigenvalue weighted by atomic mass is 10.0. The molecule has 0 bridgehead atoms. The molecule has 0 fully saturated rings. The predicted molar refractivity (Wildman–Crippen MR) is 78.6 cm³/mol. The maximum atomic E-state index is 12.6. The summed E-state index contributed by atoms with van der Waals surface area (Å²) in [5.41, 5.74) is 2.31. The van der Waals surface area contributed by atoms with E-state index in [0.717, 1.165) is 17.9 Å². The highest BCUT2D eigenvalue weighted by atomic mass is 16.1. The number of rotatable bonds is 2. The number of benzene rings is 1. The Kier molecular flexibility index (Phi) is 2.93. The van der Waals surface area contributed by atoms with E-state index in [1.807, 2.05) is 43.1 Å². The van der Waals surface area contributed by atoms with Crippen LogP contribution in [0.3, 0.4) is 0 Å². The maximum Gasteiger partial charge on any atom is 0.252 e. The lowest BCUT2D eigenvalue weighted by molar-refractivity contribution is 0.103. The first-order valence-corrected chi connectivity index (χ1v) is 6.64. The highest BCUT2D eigenvalue weighted by Gasteiger charge is 2.24. The van der Waals surface area contributed by atoms with Gasteiger partial charge in [0, 0.05) is 31.8 Å². The third kappa shape index (κ3) is 1.93. The van der Waals surface area contributed by atoms with Crippen LogP contribution < -0.4 is 10.5 Å². The van der Waals surface area contributed by atoms with Gasteiger partial charge in [-0.3, -0.25) is 14.2 Å². The van der Waals surface area contributed by atoms with Crippen molar-refractivity contribution in [2.75, 3.05) is 18.5 Å². The molecule has 0 amide bonds. The van der Waals surface area contributed by atoms with E-state index in [1.165, 1.54) is 6.07 Å². The van der Waals surface area contributed by atoms with Crippen LogP contribution in [0.1, 0.15) is 21.5 Å². The molecular formula is C16H16N2O2. The second kappa shape index (κ2) is 4.63. The molecule has 4 heteroatoms. The second-order valence-corrected chi connectivity index (χ2v) is 5.18. The number of nitrogens with zero attached hydrogens (tertiary/aromatic N) is 2. The van der Waals surface area contributed by atoms with E-state index < -0.39 is 0 Å². The third-order valence-electron chi connectivity index (χ3n) is 3.73. The Morgan fingerprint density at radius 1 is 1.05 bits per heavy atom. The van der Waals surface area contributed by atoms with E-state index in [2.05, 4.69) is 0 Å². The molecule has 0 saturated heterocycles. The van der Waals surface area contributed by atoms with Crippen LogP contribution in [0.2, 0.25) is 0 Å². The fourth-order valence-electron chi connectivity index (χ4n) is 2.59. The van der Waals surface area contributed by atoms with Gasteiger partial charge < -0.3 is 4.90 Å². The van der Waals surface area contributed by atoms with Crippen molar-refractivity contribution in [2.45, 2.75) is 13.5 Å². The predicted octanol–water partition coefficient (Wildman–Crippen LogP) is 1.84. The Morgan fingerprint density at radius 3 is 2.45 bits per heavy atom. The van der Waals surface area contributed by atoms with Gasteiger partial charge in [-0.05, 0) is 13.0 Å². The average molecular weight is 268 g/mol. The van der Waals surface area contributed by atoms with Crippen LogP contribution in [-0.4, -0.2) is 23.9 Å². The van der Waals surface area contributed by atoms with E-state index in [9.17, 15) is 9.59 Å². The number of aryl methyl sites for hydroxylation is 1. The summed E-state index contributed by atoms with van der Waals surface area (Å²) in [6.45, 7) is 3.38. The molecule has 0 saturated carbocycles. The zero-order valence-corrected chi connectivity index (χ0v) is 11.6. The second-order valence-electron chi connectivity index (χ2n) is 5.18. The van der Waals surface area contributed by atoms with Crippen molar-refractivity contribution in [3.63, 3.8) is 0 Å². The van der Waals surface area contributed by atoms with Gasteiger partial charge in [-0.15, -0.1) is 0 Å². The van der Waals surface area contributed by atoms with Gasteiger partial charge >= 0.3 is 0 Å². The first-order valence-electron chi connectivity index (χ1n) is 6.64. The lowest BCUT2D eigenvalue weighted by Gasteiger charge is -2.15. The average Bonchev–Trinajstić information content (AvgIpc) is 2.83.